The summed E-state index contributed by atoms with van der Waals surface area (Å²) >= 11 is 0. The largest absolute Gasteiger partial charge is 0.342 e. The number of nitrogens with one attached hydrogen (secondary N) is 2. The van der Waals surface area contributed by atoms with Crippen LogP contribution in [0.5, 0.6) is 0 Å². The molecule has 3 aromatic carbocycles. The Morgan fingerprint density at radius 1 is 0.697 bits per heavy atom. The molecule has 168 valence electrons. The van der Waals surface area contributed by atoms with Gasteiger partial charge in [-0.15, -0.1) is 0 Å². The van der Waals surface area contributed by atoms with Gasteiger partial charge in [0, 0.05) is 11.0 Å². The first kappa shape index (κ1) is 21.4. The average Bonchev–Trinajstić information content (AvgIpc) is 3.42. The number of fused-ring (bicyclic) bond motifs is 2. The second-order valence-corrected chi connectivity index (χ2v) is 10.7. The van der Waals surface area contributed by atoms with E-state index in [9.17, 15) is 0 Å². The van der Waals surface area contributed by atoms with E-state index < -0.39 is 0 Å². The van der Waals surface area contributed by atoms with Gasteiger partial charge < -0.3 is 9.97 Å². The second kappa shape index (κ2) is 7.58. The number of H-pyrrole nitrogens is 2. The number of aromatic amines is 2. The normalized spacial score (nSPS) is 12.7. The molecule has 4 heteroatoms. The highest BCUT2D eigenvalue weighted by atomic mass is 14.9. The highest BCUT2D eigenvalue weighted by Crippen LogP contribution is 2.31. The van der Waals surface area contributed by atoms with Gasteiger partial charge in [0.2, 0.25) is 0 Å². The van der Waals surface area contributed by atoms with Gasteiger partial charge >= 0.3 is 0 Å². The lowest BCUT2D eigenvalue weighted by molar-refractivity contribution is 0.479. The summed E-state index contributed by atoms with van der Waals surface area (Å²) in [5.74, 6) is 1.95. The summed E-state index contributed by atoms with van der Waals surface area (Å²) in [5, 5.41) is 0. The Balaban J connectivity index is 1.52. The van der Waals surface area contributed by atoms with E-state index in [1.54, 1.807) is 0 Å². The Labute approximate surface area is 195 Å². The number of aromatic nitrogens is 4. The maximum absolute atomic E-state index is 4.92. The van der Waals surface area contributed by atoms with Crippen LogP contribution >= 0.6 is 0 Å². The standard InChI is InChI=1S/C29H32N4/c1-7-29(5,6)27-32-23-14-12-19(17-25(23)33-27)18-11-13-22-24(16-18)31-26(30-22)20-9-8-10-21(15-20)28(2,3)4/h8-17H,7H2,1-6H3,(H,30,31)(H,32,33). The quantitative estimate of drug-likeness (QED) is 0.302. The van der Waals surface area contributed by atoms with Gasteiger partial charge in [-0.3, -0.25) is 0 Å². The van der Waals surface area contributed by atoms with Crippen LogP contribution in [0.25, 0.3) is 44.6 Å². The van der Waals surface area contributed by atoms with E-state index in [0.29, 0.717) is 0 Å². The zero-order valence-electron chi connectivity index (χ0n) is 20.4. The third-order valence-electron chi connectivity index (χ3n) is 6.83. The monoisotopic (exact) mass is 436 g/mol. The minimum absolute atomic E-state index is 0.0355. The van der Waals surface area contributed by atoms with Crippen LogP contribution in [0, 0.1) is 0 Å². The molecule has 4 nitrogen and oxygen atoms in total. The molecule has 0 bridgehead atoms. The minimum atomic E-state index is 0.0355. The minimum Gasteiger partial charge on any atom is -0.342 e. The molecule has 0 fully saturated rings. The predicted molar refractivity (Wildman–Crippen MR) is 139 cm³/mol. The van der Waals surface area contributed by atoms with Crippen LogP contribution in [-0.2, 0) is 10.8 Å². The molecule has 0 aliphatic heterocycles. The molecule has 0 atom stereocenters. The van der Waals surface area contributed by atoms with Crippen molar-refractivity contribution < 1.29 is 0 Å². The Bertz CT molecular complexity index is 1460. The zero-order valence-corrected chi connectivity index (χ0v) is 20.4. The molecule has 0 saturated heterocycles. The van der Waals surface area contributed by atoms with Crippen molar-refractivity contribution in [3.8, 4) is 22.5 Å². The summed E-state index contributed by atoms with van der Waals surface area (Å²) in [4.78, 5) is 16.8. The van der Waals surface area contributed by atoms with Crippen molar-refractivity contribution in [3.63, 3.8) is 0 Å². The molecule has 0 unspecified atom stereocenters. The molecule has 0 aliphatic rings. The molecule has 2 heterocycles. The number of rotatable bonds is 4. The number of imidazole rings is 2. The van der Waals surface area contributed by atoms with Crippen LogP contribution in [0.1, 0.15) is 59.4 Å². The summed E-state index contributed by atoms with van der Waals surface area (Å²) in [5.41, 5.74) is 8.95. The molecule has 2 N–H and O–H groups in total. The third-order valence-corrected chi connectivity index (χ3v) is 6.83. The van der Waals surface area contributed by atoms with Gasteiger partial charge in [-0.25, -0.2) is 9.97 Å². The smallest absolute Gasteiger partial charge is 0.138 e. The van der Waals surface area contributed by atoms with Crippen molar-refractivity contribution in [3.05, 3.63) is 72.1 Å². The fraction of sp³-hybridized carbons (Fsp3) is 0.310. The lowest BCUT2D eigenvalue weighted by Crippen LogP contribution is -2.17. The Hall–Kier alpha value is -3.40. The van der Waals surface area contributed by atoms with E-state index in [0.717, 1.165) is 56.8 Å². The van der Waals surface area contributed by atoms with Gasteiger partial charge in [-0.1, -0.05) is 71.9 Å². The van der Waals surface area contributed by atoms with Crippen LogP contribution < -0.4 is 0 Å². The van der Waals surface area contributed by atoms with E-state index in [1.165, 1.54) is 5.56 Å². The number of hydrogen-bond donors (Lipinski definition) is 2. The summed E-state index contributed by atoms with van der Waals surface area (Å²) < 4.78 is 0. The molecule has 5 aromatic rings. The van der Waals surface area contributed by atoms with E-state index in [-0.39, 0.29) is 10.8 Å². The van der Waals surface area contributed by atoms with E-state index in [4.69, 9.17) is 9.97 Å². The summed E-state index contributed by atoms with van der Waals surface area (Å²) in [6.45, 7) is 13.4. The second-order valence-electron chi connectivity index (χ2n) is 10.7. The SMILES string of the molecule is CCC(C)(C)c1nc2cc(-c3ccc4[nH]c(-c5cccc(C(C)(C)C)c5)nc4c3)ccc2[nH]1. The molecular formula is C29H32N4. The molecule has 0 amide bonds. The maximum Gasteiger partial charge on any atom is 0.138 e. The van der Waals surface area contributed by atoms with Crippen LogP contribution in [0.4, 0.5) is 0 Å². The molecule has 5 rings (SSSR count). The van der Waals surface area contributed by atoms with Gasteiger partial charge in [0.05, 0.1) is 22.1 Å². The number of nitrogens with zero attached hydrogens (tertiary/aromatic N) is 2. The van der Waals surface area contributed by atoms with Crippen molar-refractivity contribution in [1.82, 2.24) is 19.9 Å². The first-order valence-corrected chi connectivity index (χ1v) is 11.8. The molecule has 0 aliphatic carbocycles. The van der Waals surface area contributed by atoms with Gasteiger partial charge in [-0.05, 0) is 58.9 Å². The Kier molecular flexibility index (Phi) is 4.93. The fourth-order valence-electron chi connectivity index (χ4n) is 4.13. The van der Waals surface area contributed by atoms with Crippen LogP contribution in [0.3, 0.4) is 0 Å². The first-order valence-electron chi connectivity index (χ1n) is 11.8. The molecule has 0 saturated carbocycles. The van der Waals surface area contributed by atoms with Gasteiger partial charge in [-0.2, -0.15) is 0 Å². The third kappa shape index (κ3) is 3.95. The van der Waals surface area contributed by atoms with Crippen LogP contribution in [0.2, 0.25) is 0 Å². The maximum atomic E-state index is 4.92. The Morgan fingerprint density at radius 2 is 1.33 bits per heavy atom. The number of hydrogen-bond acceptors (Lipinski definition) is 2. The van der Waals surface area contributed by atoms with Crippen molar-refractivity contribution >= 4 is 22.1 Å². The fourth-order valence-corrected chi connectivity index (χ4v) is 4.13. The summed E-state index contributed by atoms with van der Waals surface area (Å²) in [6.07, 6.45) is 1.04. The topological polar surface area (TPSA) is 57.4 Å². The van der Waals surface area contributed by atoms with Crippen molar-refractivity contribution in [2.75, 3.05) is 0 Å². The molecule has 2 aromatic heterocycles. The Morgan fingerprint density at radius 3 is 1.97 bits per heavy atom. The van der Waals surface area contributed by atoms with Crippen LogP contribution in [-0.4, -0.2) is 19.9 Å². The first-order chi connectivity index (χ1) is 15.6. The molecule has 0 radical (unpaired) electrons. The van der Waals surface area contributed by atoms with E-state index >= 15 is 0 Å². The molecular weight excluding hydrogens is 404 g/mol. The van der Waals surface area contributed by atoms with Crippen molar-refractivity contribution in [2.24, 2.45) is 0 Å². The lowest BCUT2D eigenvalue weighted by atomic mass is 9.86. The average molecular weight is 437 g/mol. The summed E-state index contributed by atoms with van der Waals surface area (Å²) in [6, 6.07) is 21.5. The van der Waals surface area contributed by atoms with Gasteiger partial charge in [0.25, 0.3) is 0 Å². The zero-order chi connectivity index (χ0) is 23.4. The lowest BCUT2D eigenvalue weighted by Gasteiger charge is -2.19. The van der Waals surface area contributed by atoms with Gasteiger partial charge in [0.15, 0.2) is 0 Å². The number of benzene rings is 3. The van der Waals surface area contributed by atoms with Crippen molar-refractivity contribution in [1.29, 1.82) is 0 Å². The van der Waals surface area contributed by atoms with E-state index in [2.05, 4.69) is 112 Å². The van der Waals surface area contributed by atoms with Crippen molar-refractivity contribution in [2.45, 2.75) is 58.8 Å². The predicted octanol–water partition coefficient (Wildman–Crippen LogP) is 7.76. The van der Waals surface area contributed by atoms with E-state index in [1.807, 2.05) is 0 Å². The highest BCUT2D eigenvalue weighted by Gasteiger charge is 2.22. The summed E-state index contributed by atoms with van der Waals surface area (Å²) in [7, 11) is 0. The highest BCUT2D eigenvalue weighted by molar-refractivity contribution is 5.87. The van der Waals surface area contributed by atoms with Crippen LogP contribution in [0.15, 0.2) is 60.7 Å². The molecule has 0 spiro atoms. The van der Waals surface area contributed by atoms with Gasteiger partial charge in [0.1, 0.15) is 11.6 Å². The molecule has 33 heavy (non-hydrogen) atoms.